The van der Waals surface area contributed by atoms with E-state index in [9.17, 15) is 0 Å². The second-order valence-corrected chi connectivity index (χ2v) is 5.91. The second kappa shape index (κ2) is 5.88. The Bertz CT molecular complexity index is 354. The van der Waals surface area contributed by atoms with Gasteiger partial charge in [0.25, 0.3) is 0 Å². The molecular weight excluding hydrogens is 230 g/mol. The summed E-state index contributed by atoms with van der Waals surface area (Å²) < 4.78 is 0. The van der Waals surface area contributed by atoms with Crippen LogP contribution in [-0.4, -0.2) is 23.4 Å². The molecule has 1 fully saturated rings. The van der Waals surface area contributed by atoms with Crippen molar-refractivity contribution in [2.24, 2.45) is 5.92 Å². The molecule has 1 saturated heterocycles. The van der Waals surface area contributed by atoms with Gasteiger partial charge in [-0.2, -0.15) is 0 Å². The Labute approximate surface area is 110 Å². The Morgan fingerprint density at radius 2 is 1.94 bits per heavy atom. The highest BCUT2D eigenvalue weighted by molar-refractivity contribution is 6.20. The minimum Gasteiger partial charge on any atom is -0.299 e. The van der Waals surface area contributed by atoms with Crippen molar-refractivity contribution < 1.29 is 0 Å². The number of aryl methyl sites for hydroxylation is 1. The molecule has 0 radical (unpaired) electrons. The van der Waals surface area contributed by atoms with Gasteiger partial charge in [0, 0.05) is 11.9 Å². The molecule has 0 bridgehead atoms. The van der Waals surface area contributed by atoms with Crippen LogP contribution < -0.4 is 0 Å². The van der Waals surface area contributed by atoms with Crippen LogP contribution in [0, 0.1) is 12.8 Å². The van der Waals surface area contributed by atoms with E-state index >= 15 is 0 Å². The lowest BCUT2D eigenvalue weighted by molar-refractivity contribution is 0.176. The zero-order valence-electron chi connectivity index (χ0n) is 10.8. The van der Waals surface area contributed by atoms with Gasteiger partial charge in [-0.1, -0.05) is 24.3 Å². The molecule has 0 N–H and O–H groups in total. The second-order valence-electron chi connectivity index (χ2n) is 5.22. The summed E-state index contributed by atoms with van der Waals surface area (Å²) in [5.74, 6) is 0.713. The van der Waals surface area contributed by atoms with Crippen molar-refractivity contribution in [3.05, 3.63) is 35.4 Å². The summed E-state index contributed by atoms with van der Waals surface area (Å²) in [5, 5.41) is 0.329. The number of benzene rings is 1. The number of likely N-dealkylation sites (tertiary alicyclic amines) is 1. The highest BCUT2D eigenvalue weighted by atomic mass is 35.5. The first-order chi connectivity index (χ1) is 8.16. The third kappa shape index (κ3) is 3.46. The molecular formula is C15H22ClN. The van der Waals surface area contributed by atoms with Gasteiger partial charge < -0.3 is 0 Å². The first kappa shape index (κ1) is 12.9. The van der Waals surface area contributed by atoms with Gasteiger partial charge >= 0.3 is 0 Å². The van der Waals surface area contributed by atoms with Crippen LogP contribution in [0.1, 0.15) is 30.9 Å². The van der Waals surface area contributed by atoms with Gasteiger partial charge in [-0.3, -0.25) is 4.90 Å². The molecule has 0 saturated carbocycles. The van der Waals surface area contributed by atoms with E-state index in [0.717, 1.165) is 6.54 Å². The van der Waals surface area contributed by atoms with E-state index in [0.29, 0.717) is 11.3 Å². The first-order valence-electron chi connectivity index (χ1n) is 6.57. The number of halogens is 1. The third-order valence-electron chi connectivity index (χ3n) is 3.94. The van der Waals surface area contributed by atoms with Gasteiger partial charge in [-0.05, 0) is 56.8 Å². The van der Waals surface area contributed by atoms with Crippen LogP contribution in [0.15, 0.2) is 24.3 Å². The van der Waals surface area contributed by atoms with Gasteiger partial charge in [0.1, 0.15) is 0 Å². The third-order valence-corrected chi connectivity index (χ3v) is 4.29. The fourth-order valence-corrected chi connectivity index (χ4v) is 2.85. The van der Waals surface area contributed by atoms with Crippen molar-refractivity contribution in [3.63, 3.8) is 0 Å². The predicted molar refractivity (Wildman–Crippen MR) is 74.5 cm³/mol. The van der Waals surface area contributed by atoms with Crippen molar-refractivity contribution in [1.29, 1.82) is 0 Å². The van der Waals surface area contributed by atoms with E-state index < -0.39 is 0 Å². The molecule has 1 heterocycles. The number of alkyl halides is 1. The summed E-state index contributed by atoms with van der Waals surface area (Å²) in [6, 6.07) is 8.69. The Morgan fingerprint density at radius 3 is 2.53 bits per heavy atom. The number of rotatable bonds is 3. The van der Waals surface area contributed by atoms with Gasteiger partial charge in [0.05, 0.1) is 0 Å². The maximum absolute atomic E-state index is 6.17. The molecule has 2 rings (SSSR count). The Kier molecular flexibility index (Phi) is 4.47. The SMILES string of the molecule is Cc1ccccc1CN1CCC(C(C)Cl)CC1. The van der Waals surface area contributed by atoms with Crippen molar-refractivity contribution in [2.45, 2.75) is 38.6 Å². The van der Waals surface area contributed by atoms with E-state index in [1.807, 2.05) is 0 Å². The minimum atomic E-state index is 0.329. The van der Waals surface area contributed by atoms with Crippen LogP contribution >= 0.6 is 11.6 Å². The van der Waals surface area contributed by atoms with E-state index in [1.165, 1.54) is 37.1 Å². The number of nitrogens with zero attached hydrogens (tertiary/aromatic N) is 1. The lowest BCUT2D eigenvalue weighted by atomic mass is 9.93. The molecule has 1 aromatic rings. The topological polar surface area (TPSA) is 3.24 Å². The summed E-state index contributed by atoms with van der Waals surface area (Å²) in [4.78, 5) is 2.55. The van der Waals surface area contributed by atoms with E-state index in [1.54, 1.807) is 0 Å². The van der Waals surface area contributed by atoms with Crippen molar-refractivity contribution in [3.8, 4) is 0 Å². The van der Waals surface area contributed by atoms with Crippen LogP contribution in [-0.2, 0) is 6.54 Å². The Hall–Kier alpha value is -0.530. The zero-order valence-corrected chi connectivity index (χ0v) is 11.6. The van der Waals surface area contributed by atoms with Crippen molar-refractivity contribution in [2.75, 3.05) is 13.1 Å². The maximum Gasteiger partial charge on any atom is 0.0337 e. The smallest absolute Gasteiger partial charge is 0.0337 e. The number of hydrogen-bond acceptors (Lipinski definition) is 1. The summed E-state index contributed by atoms with van der Waals surface area (Å²) in [5.41, 5.74) is 2.87. The molecule has 0 amide bonds. The van der Waals surface area contributed by atoms with E-state index in [2.05, 4.69) is 43.0 Å². The van der Waals surface area contributed by atoms with Gasteiger partial charge in [-0.25, -0.2) is 0 Å². The monoisotopic (exact) mass is 251 g/mol. The van der Waals surface area contributed by atoms with Crippen LogP contribution in [0.25, 0.3) is 0 Å². The fraction of sp³-hybridized carbons (Fsp3) is 0.600. The highest BCUT2D eigenvalue weighted by Gasteiger charge is 2.22. The molecule has 1 atom stereocenters. The maximum atomic E-state index is 6.17. The van der Waals surface area contributed by atoms with Crippen LogP contribution in [0.3, 0.4) is 0 Å². The van der Waals surface area contributed by atoms with E-state index in [4.69, 9.17) is 11.6 Å². The molecule has 2 heteroatoms. The molecule has 1 unspecified atom stereocenters. The fourth-order valence-electron chi connectivity index (χ4n) is 2.60. The lowest BCUT2D eigenvalue weighted by Gasteiger charge is -2.33. The standard InChI is InChI=1S/C15H22ClN/c1-12-5-3-4-6-15(12)11-17-9-7-14(8-10-17)13(2)16/h3-6,13-14H,7-11H2,1-2H3. The lowest BCUT2D eigenvalue weighted by Crippen LogP contribution is -2.35. The predicted octanol–water partition coefficient (Wildman–Crippen LogP) is 3.83. The quantitative estimate of drug-likeness (QED) is 0.738. The molecule has 0 spiro atoms. The largest absolute Gasteiger partial charge is 0.299 e. The van der Waals surface area contributed by atoms with Crippen molar-refractivity contribution >= 4 is 11.6 Å². The Morgan fingerprint density at radius 1 is 1.29 bits per heavy atom. The molecule has 0 aliphatic carbocycles. The average Bonchev–Trinajstić information content (AvgIpc) is 2.33. The van der Waals surface area contributed by atoms with Crippen LogP contribution in [0.5, 0.6) is 0 Å². The molecule has 1 aliphatic rings. The first-order valence-corrected chi connectivity index (χ1v) is 7.01. The number of piperidine rings is 1. The van der Waals surface area contributed by atoms with Gasteiger partial charge in [-0.15, -0.1) is 11.6 Å². The van der Waals surface area contributed by atoms with Crippen molar-refractivity contribution in [1.82, 2.24) is 4.90 Å². The molecule has 1 aliphatic heterocycles. The molecule has 0 aromatic heterocycles. The summed E-state index contributed by atoms with van der Waals surface area (Å²) in [7, 11) is 0. The van der Waals surface area contributed by atoms with Gasteiger partial charge in [0.2, 0.25) is 0 Å². The molecule has 1 aromatic carbocycles. The van der Waals surface area contributed by atoms with E-state index in [-0.39, 0.29) is 0 Å². The Balaban J connectivity index is 1.88. The summed E-state index contributed by atoms with van der Waals surface area (Å²) >= 11 is 6.17. The molecule has 17 heavy (non-hydrogen) atoms. The highest BCUT2D eigenvalue weighted by Crippen LogP contribution is 2.25. The summed E-state index contributed by atoms with van der Waals surface area (Å²) in [6.07, 6.45) is 2.49. The zero-order chi connectivity index (χ0) is 12.3. The van der Waals surface area contributed by atoms with Gasteiger partial charge in [0.15, 0.2) is 0 Å². The normalized spacial score (nSPS) is 20.4. The average molecular weight is 252 g/mol. The minimum absolute atomic E-state index is 0.329. The number of hydrogen-bond donors (Lipinski definition) is 0. The summed E-state index contributed by atoms with van der Waals surface area (Å²) in [6.45, 7) is 7.80. The van der Waals surface area contributed by atoms with Crippen LogP contribution in [0.4, 0.5) is 0 Å². The van der Waals surface area contributed by atoms with Crippen LogP contribution in [0.2, 0.25) is 0 Å². The molecule has 94 valence electrons. The molecule has 1 nitrogen and oxygen atoms in total.